The van der Waals surface area contributed by atoms with Crippen molar-refractivity contribution >= 4 is 0 Å². The molecule has 5 nitrogen and oxygen atoms in total. The summed E-state index contributed by atoms with van der Waals surface area (Å²) >= 11 is 0. The average Bonchev–Trinajstić information content (AvgIpc) is 3.39. The van der Waals surface area contributed by atoms with Crippen molar-refractivity contribution in [3.8, 4) is 16.9 Å². The fraction of sp³-hybridized carbons (Fsp3) is 0.444. The van der Waals surface area contributed by atoms with Gasteiger partial charge in [0.2, 0.25) is 0 Å². The third-order valence-corrected chi connectivity index (χ3v) is 6.37. The van der Waals surface area contributed by atoms with Crippen molar-refractivity contribution in [1.82, 2.24) is 19.6 Å². The maximum absolute atomic E-state index is 5.25. The van der Waals surface area contributed by atoms with Gasteiger partial charge in [-0.15, -0.1) is 0 Å². The van der Waals surface area contributed by atoms with Gasteiger partial charge >= 0.3 is 0 Å². The van der Waals surface area contributed by atoms with E-state index in [2.05, 4.69) is 85.4 Å². The summed E-state index contributed by atoms with van der Waals surface area (Å²) < 4.78 is 7.28. The molecule has 0 radical (unpaired) electrons. The highest BCUT2D eigenvalue weighted by Crippen LogP contribution is 2.26. The minimum absolute atomic E-state index is 0.714. The normalized spacial score (nSPS) is 16.8. The summed E-state index contributed by atoms with van der Waals surface area (Å²) in [6, 6.07) is 17.2. The van der Waals surface area contributed by atoms with E-state index in [-0.39, 0.29) is 0 Å². The molecule has 1 aromatic heterocycles. The smallest absolute Gasteiger partial charge is 0.0972 e. The van der Waals surface area contributed by atoms with Gasteiger partial charge in [-0.05, 0) is 58.0 Å². The second kappa shape index (κ2) is 10.4. The third-order valence-electron chi connectivity index (χ3n) is 6.37. The molecule has 0 spiro atoms. The van der Waals surface area contributed by atoms with Crippen LogP contribution in [0.1, 0.15) is 23.1 Å². The molecular weight excluding hydrogens is 396 g/mol. The van der Waals surface area contributed by atoms with Gasteiger partial charge in [0.15, 0.2) is 0 Å². The molecule has 2 aromatic carbocycles. The van der Waals surface area contributed by atoms with Gasteiger partial charge in [-0.1, -0.05) is 41.5 Å². The number of ether oxygens (including phenoxy) is 1. The Bertz CT molecular complexity index is 1010. The first-order valence-electron chi connectivity index (χ1n) is 11.6. The lowest BCUT2D eigenvalue weighted by Crippen LogP contribution is -2.29. The molecule has 0 amide bonds. The van der Waals surface area contributed by atoms with Gasteiger partial charge in [0.05, 0.1) is 18.0 Å². The van der Waals surface area contributed by atoms with Gasteiger partial charge in [-0.3, -0.25) is 0 Å². The lowest BCUT2D eigenvalue weighted by Gasteiger charge is -2.21. The van der Waals surface area contributed by atoms with Crippen LogP contribution in [0.4, 0.5) is 0 Å². The molecule has 5 heteroatoms. The molecule has 32 heavy (non-hydrogen) atoms. The average molecular weight is 433 g/mol. The molecule has 1 saturated heterocycles. The fourth-order valence-electron chi connectivity index (χ4n) is 4.67. The monoisotopic (exact) mass is 432 g/mol. The first-order chi connectivity index (χ1) is 15.5. The van der Waals surface area contributed by atoms with E-state index in [0.29, 0.717) is 5.92 Å². The minimum Gasteiger partial charge on any atom is -0.383 e. The van der Waals surface area contributed by atoms with Crippen LogP contribution < -0.4 is 0 Å². The summed E-state index contributed by atoms with van der Waals surface area (Å²) in [6.45, 7) is 10.5. The zero-order chi connectivity index (χ0) is 22.5. The summed E-state index contributed by atoms with van der Waals surface area (Å²) in [5.74, 6) is 0.714. The van der Waals surface area contributed by atoms with E-state index in [4.69, 9.17) is 9.84 Å². The summed E-state index contributed by atoms with van der Waals surface area (Å²) in [5.41, 5.74) is 7.15. The molecule has 0 aliphatic carbocycles. The van der Waals surface area contributed by atoms with Crippen LogP contribution in [-0.4, -0.2) is 66.5 Å². The van der Waals surface area contributed by atoms with Gasteiger partial charge in [0.25, 0.3) is 0 Å². The molecule has 2 heterocycles. The van der Waals surface area contributed by atoms with E-state index in [9.17, 15) is 0 Å². The first kappa shape index (κ1) is 22.7. The number of hydrogen-bond acceptors (Lipinski definition) is 4. The van der Waals surface area contributed by atoms with Gasteiger partial charge in [0, 0.05) is 50.6 Å². The Balaban J connectivity index is 1.52. The number of rotatable bonds is 9. The van der Waals surface area contributed by atoms with Crippen molar-refractivity contribution in [2.45, 2.75) is 26.8 Å². The maximum atomic E-state index is 5.25. The molecule has 1 aliphatic heterocycles. The van der Waals surface area contributed by atoms with Crippen molar-refractivity contribution in [2.75, 3.05) is 46.9 Å². The molecular formula is C27H36N4O. The summed E-state index contributed by atoms with van der Waals surface area (Å²) in [5, 5.41) is 5.02. The molecule has 170 valence electrons. The number of aromatic nitrogens is 2. The zero-order valence-electron chi connectivity index (χ0n) is 19.9. The van der Waals surface area contributed by atoms with Crippen molar-refractivity contribution < 1.29 is 4.74 Å². The predicted octanol–water partition coefficient (Wildman–Crippen LogP) is 4.56. The van der Waals surface area contributed by atoms with Gasteiger partial charge < -0.3 is 14.5 Å². The third kappa shape index (κ3) is 5.66. The van der Waals surface area contributed by atoms with Crippen LogP contribution in [0, 0.1) is 19.8 Å². The molecule has 1 atom stereocenters. The van der Waals surface area contributed by atoms with Crippen LogP contribution in [-0.2, 0) is 11.3 Å². The first-order valence-corrected chi connectivity index (χ1v) is 11.6. The lowest BCUT2D eigenvalue weighted by molar-refractivity contribution is 0.157. The predicted molar refractivity (Wildman–Crippen MR) is 131 cm³/mol. The minimum atomic E-state index is 0.714. The van der Waals surface area contributed by atoms with E-state index in [1.54, 1.807) is 7.11 Å². The SMILES string of the molecule is COCCN1CCC(CN(C)Cc2cn(-c3ccc(C)cc3)nc2-c2cccc(C)c2)C1. The van der Waals surface area contributed by atoms with Gasteiger partial charge in [0.1, 0.15) is 0 Å². The van der Waals surface area contributed by atoms with Crippen LogP contribution in [0.2, 0.25) is 0 Å². The highest BCUT2D eigenvalue weighted by Gasteiger charge is 2.24. The largest absolute Gasteiger partial charge is 0.383 e. The Morgan fingerprint density at radius 1 is 1.09 bits per heavy atom. The molecule has 0 bridgehead atoms. The zero-order valence-corrected chi connectivity index (χ0v) is 19.9. The number of methoxy groups -OCH3 is 1. The highest BCUT2D eigenvalue weighted by molar-refractivity contribution is 5.64. The van der Waals surface area contributed by atoms with E-state index >= 15 is 0 Å². The molecule has 1 aliphatic rings. The second-order valence-corrected chi connectivity index (χ2v) is 9.30. The van der Waals surface area contributed by atoms with E-state index in [1.165, 1.54) is 41.8 Å². The van der Waals surface area contributed by atoms with Gasteiger partial charge in [-0.25, -0.2) is 4.68 Å². The quantitative estimate of drug-likeness (QED) is 0.496. The highest BCUT2D eigenvalue weighted by atomic mass is 16.5. The Morgan fingerprint density at radius 3 is 2.66 bits per heavy atom. The number of likely N-dealkylation sites (tertiary alicyclic amines) is 1. The lowest BCUT2D eigenvalue weighted by atomic mass is 10.0. The molecule has 4 rings (SSSR count). The second-order valence-electron chi connectivity index (χ2n) is 9.30. The Kier molecular flexibility index (Phi) is 7.40. The maximum Gasteiger partial charge on any atom is 0.0972 e. The molecule has 1 unspecified atom stereocenters. The Labute approximate surface area is 192 Å². The van der Waals surface area contributed by atoms with Crippen molar-refractivity contribution in [1.29, 1.82) is 0 Å². The van der Waals surface area contributed by atoms with E-state index in [0.717, 1.165) is 37.6 Å². The summed E-state index contributed by atoms with van der Waals surface area (Å²) in [7, 11) is 4.02. The van der Waals surface area contributed by atoms with Crippen molar-refractivity contribution in [3.63, 3.8) is 0 Å². The van der Waals surface area contributed by atoms with Crippen LogP contribution in [0.3, 0.4) is 0 Å². The molecule has 0 N–H and O–H groups in total. The molecule has 0 saturated carbocycles. The Morgan fingerprint density at radius 2 is 1.91 bits per heavy atom. The fourth-order valence-corrected chi connectivity index (χ4v) is 4.67. The van der Waals surface area contributed by atoms with Crippen molar-refractivity contribution in [2.24, 2.45) is 5.92 Å². The van der Waals surface area contributed by atoms with Crippen LogP contribution >= 0.6 is 0 Å². The standard InChI is InChI=1S/C27H36N4O/c1-21-8-10-26(11-9-21)31-20-25(27(28-31)24-7-5-6-22(2)16-24)19-29(3)17-23-12-13-30(18-23)14-15-32-4/h5-11,16,20,23H,12-15,17-19H2,1-4H3. The Hall–Kier alpha value is -2.47. The van der Waals surface area contributed by atoms with Crippen molar-refractivity contribution in [3.05, 3.63) is 71.4 Å². The van der Waals surface area contributed by atoms with E-state index in [1.807, 2.05) is 4.68 Å². The van der Waals surface area contributed by atoms with E-state index < -0.39 is 0 Å². The number of hydrogen-bond donors (Lipinski definition) is 0. The summed E-state index contributed by atoms with van der Waals surface area (Å²) in [4.78, 5) is 4.98. The van der Waals surface area contributed by atoms with Gasteiger partial charge in [-0.2, -0.15) is 5.10 Å². The van der Waals surface area contributed by atoms with Crippen LogP contribution in [0.15, 0.2) is 54.7 Å². The number of nitrogens with zero attached hydrogens (tertiary/aromatic N) is 4. The summed E-state index contributed by atoms with van der Waals surface area (Å²) in [6.07, 6.45) is 3.47. The molecule has 1 fully saturated rings. The number of benzene rings is 2. The molecule has 3 aromatic rings. The topological polar surface area (TPSA) is 33.5 Å². The van der Waals surface area contributed by atoms with Crippen LogP contribution in [0.5, 0.6) is 0 Å². The number of aryl methyl sites for hydroxylation is 2. The van der Waals surface area contributed by atoms with Crippen LogP contribution in [0.25, 0.3) is 16.9 Å².